The van der Waals surface area contributed by atoms with E-state index in [2.05, 4.69) is 16.7 Å². The predicted molar refractivity (Wildman–Crippen MR) is 93.9 cm³/mol. The van der Waals surface area contributed by atoms with E-state index in [0.29, 0.717) is 18.0 Å². The summed E-state index contributed by atoms with van der Waals surface area (Å²) in [6, 6.07) is 16.1. The number of hydrogen-bond donors (Lipinski definition) is 1. The summed E-state index contributed by atoms with van der Waals surface area (Å²) in [5.74, 6) is 0. The van der Waals surface area contributed by atoms with Gasteiger partial charge >= 0.3 is 0 Å². The summed E-state index contributed by atoms with van der Waals surface area (Å²) in [5, 5.41) is 1.11. The highest BCUT2D eigenvalue weighted by Gasteiger charge is 2.13. The molecular formula is C17H14N4S. The van der Waals surface area contributed by atoms with Gasteiger partial charge in [0.2, 0.25) is 0 Å². The van der Waals surface area contributed by atoms with Crippen LogP contribution in [0.3, 0.4) is 0 Å². The second kappa shape index (κ2) is 5.03. The van der Waals surface area contributed by atoms with Crippen LogP contribution < -0.4 is 5.73 Å². The van der Waals surface area contributed by atoms with Crippen LogP contribution in [0.5, 0.6) is 0 Å². The first-order valence-corrected chi connectivity index (χ1v) is 7.57. The average Bonchev–Trinajstić information content (AvgIpc) is 2.84. The molecule has 2 aromatic heterocycles. The molecule has 0 fully saturated rings. The largest absolute Gasteiger partial charge is 0.393 e. The molecule has 0 spiro atoms. The molecule has 4 rings (SSSR count). The third kappa shape index (κ3) is 2.02. The summed E-state index contributed by atoms with van der Waals surface area (Å²) in [7, 11) is 0. The molecule has 4 aromatic rings. The number of nitrogens with zero attached hydrogens (tertiary/aromatic N) is 3. The number of aryl methyl sites for hydroxylation is 1. The molecule has 0 atom stereocenters. The lowest BCUT2D eigenvalue weighted by Gasteiger charge is -2.06. The van der Waals surface area contributed by atoms with Crippen LogP contribution in [0.2, 0.25) is 0 Å². The van der Waals surface area contributed by atoms with E-state index < -0.39 is 0 Å². The third-order valence-electron chi connectivity index (χ3n) is 3.84. The van der Waals surface area contributed by atoms with Crippen LogP contribution in [0.4, 0.5) is 0 Å². The number of benzene rings is 2. The van der Waals surface area contributed by atoms with Crippen molar-refractivity contribution in [3.8, 4) is 0 Å². The Morgan fingerprint density at radius 1 is 1.00 bits per heavy atom. The van der Waals surface area contributed by atoms with E-state index in [4.69, 9.17) is 27.9 Å². The van der Waals surface area contributed by atoms with Crippen LogP contribution in [-0.2, 0) is 6.54 Å². The minimum absolute atomic E-state index is 0.514. The van der Waals surface area contributed by atoms with Gasteiger partial charge in [0.05, 0.1) is 21.5 Å². The lowest BCUT2D eigenvalue weighted by atomic mass is 10.2. The normalized spacial score (nSPS) is 11.5. The highest BCUT2D eigenvalue weighted by Crippen LogP contribution is 2.28. The van der Waals surface area contributed by atoms with Gasteiger partial charge in [-0.1, -0.05) is 42.5 Å². The monoisotopic (exact) mass is 306 g/mol. The van der Waals surface area contributed by atoms with Crippen molar-refractivity contribution in [1.82, 2.24) is 14.5 Å². The maximum Gasteiger partial charge on any atom is 0.160 e. The fourth-order valence-electron chi connectivity index (χ4n) is 2.83. The lowest BCUT2D eigenvalue weighted by molar-refractivity contribution is 0.774. The molecule has 0 aliphatic heterocycles. The van der Waals surface area contributed by atoms with Gasteiger partial charge in [0.1, 0.15) is 5.52 Å². The van der Waals surface area contributed by atoms with Gasteiger partial charge in [-0.15, -0.1) is 0 Å². The van der Waals surface area contributed by atoms with Crippen molar-refractivity contribution in [2.75, 3.05) is 0 Å². The second-order valence-electron chi connectivity index (χ2n) is 5.27. The van der Waals surface area contributed by atoms with Gasteiger partial charge in [-0.05, 0) is 18.2 Å². The molecule has 0 bridgehead atoms. The smallest absolute Gasteiger partial charge is 0.160 e. The van der Waals surface area contributed by atoms with Crippen molar-refractivity contribution < 1.29 is 0 Å². The quantitative estimate of drug-likeness (QED) is 0.589. The molecule has 0 saturated heterocycles. The number of hydrogen-bond acceptors (Lipinski definition) is 3. The molecule has 22 heavy (non-hydrogen) atoms. The fourth-order valence-corrected chi connectivity index (χ4v) is 2.92. The summed E-state index contributed by atoms with van der Waals surface area (Å²) in [6.45, 7) is 0.715. The molecule has 0 amide bonds. The first kappa shape index (κ1) is 13.2. The summed E-state index contributed by atoms with van der Waals surface area (Å²) in [5.41, 5.74) is 10.4. The van der Waals surface area contributed by atoms with E-state index in [9.17, 15) is 0 Å². The van der Waals surface area contributed by atoms with Crippen molar-refractivity contribution in [1.29, 1.82) is 0 Å². The molecule has 0 radical (unpaired) electrons. The second-order valence-corrected chi connectivity index (χ2v) is 5.79. The Kier molecular flexibility index (Phi) is 3.01. The average molecular weight is 306 g/mol. The summed E-state index contributed by atoms with van der Waals surface area (Å²) < 4.78 is 2.16. The maximum absolute atomic E-state index is 5.67. The standard InChI is InChI=1S/C17H14N4S/c18-15(22)9-10-21-14-8-4-1-5-11(14)16-17(21)20-13-7-3-2-6-12(13)19-16/h1-8H,9-10H2,(H2,18,22). The molecule has 2 aromatic carbocycles. The van der Waals surface area contributed by atoms with Crippen LogP contribution in [-0.4, -0.2) is 19.5 Å². The van der Waals surface area contributed by atoms with Gasteiger partial charge in [0.15, 0.2) is 5.65 Å². The molecule has 2 heterocycles. The third-order valence-corrected chi connectivity index (χ3v) is 4.04. The van der Waals surface area contributed by atoms with E-state index in [0.717, 1.165) is 33.1 Å². The van der Waals surface area contributed by atoms with Crippen molar-refractivity contribution in [3.05, 3.63) is 48.5 Å². The zero-order chi connectivity index (χ0) is 15.1. The highest BCUT2D eigenvalue weighted by atomic mass is 32.1. The number of fused-ring (bicyclic) bond motifs is 4. The molecule has 108 valence electrons. The molecule has 0 aliphatic rings. The van der Waals surface area contributed by atoms with E-state index in [1.54, 1.807) is 0 Å². The predicted octanol–water partition coefficient (Wildman–Crippen LogP) is 3.41. The van der Waals surface area contributed by atoms with E-state index in [1.165, 1.54) is 0 Å². The van der Waals surface area contributed by atoms with Crippen LogP contribution in [0.1, 0.15) is 6.42 Å². The van der Waals surface area contributed by atoms with Crippen molar-refractivity contribution >= 4 is 50.3 Å². The molecule has 0 saturated carbocycles. The molecule has 5 heteroatoms. The van der Waals surface area contributed by atoms with Gasteiger partial charge in [-0.25, -0.2) is 9.97 Å². The Balaban J connectivity index is 2.08. The zero-order valence-electron chi connectivity index (χ0n) is 11.9. The van der Waals surface area contributed by atoms with E-state index in [1.807, 2.05) is 36.4 Å². The lowest BCUT2D eigenvalue weighted by Crippen LogP contribution is -2.12. The molecular weight excluding hydrogens is 292 g/mol. The van der Waals surface area contributed by atoms with Crippen LogP contribution in [0, 0.1) is 0 Å². The number of para-hydroxylation sites is 3. The van der Waals surface area contributed by atoms with Gasteiger partial charge < -0.3 is 10.3 Å². The van der Waals surface area contributed by atoms with Crippen molar-refractivity contribution in [2.45, 2.75) is 13.0 Å². The fraction of sp³-hybridized carbons (Fsp3) is 0.118. The summed E-state index contributed by atoms with van der Waals surface area (Å²) in [6.07, 6.45) is 0.650. The first-order chi connectivity index (χ1) is 10.7. The Labute approximate surface area is 132 Å². The molecule has 2 N–H and O–H groups in total. The summed E-state index contributed by atoms with van der Waals surface area (Å²) in [4.78, 5) is 10.1. The zero-order valence-corrected chi connectivity index (χ0v) is 12.7. The van der Waals surface area contributed by atoms with E-state index >= 15 is 0 Å². The maximum atomic E-state index is 5.67. The van der Waals surface area contributed by atoms with Gasteiger partial charge in [0, 0.05) is 18.4 Å². The SMILES string of the molecule is NC(=S)CCn1c2ccccc2c2nc3ccccc3nc21. The number of rotatable bonds is 3. The van der Waals surface area contributed by atoms with Crippen LogP contribution >= 0.6 is 12.2 Å². The minimum atomic E-state index is 0.514. The highest BCUT2D eigenvalue weighted by molar-refractivity contribution is 7.80. The van der Waals surface area contributed by atoms with Crippen LogP contribution in [0.15, 0.2) is 48.5 Å². The molecule has 4 nitrogen and oxygen atoms in total. The Bertz CT molecular complexity index is 1020. The van der Waals surface area contributed by atoms with Crippen molar-refractivity contribution in [2.24, 2.45) is 5.73 Å². The number of aromatic nitrogens is 3. The number of nitrogens with two attached hydrogens (primary N) is 1. The minimum Gasteiger partial charge on any atom is -0.393 e. The Hall–Kier alpha value is -2.53. The molecule has 0 unspecified atom stereocenters. The Morgan fingerprint density at radius 3 is 2.45 bits per heavy atom. The number of thiocarbonyl (C=S) groups is 1. The van der Waals surface area contributed by atoms with Gasteiger partial charge in [0.25, 0.3) is 0 Å². The first-order valence-electron chi connectivity index (χ1n) is 7.16. The van der Waals surface area contributed by atoms with Gasteiger partial charge in [-0.2, -0.15) is 0 Å². The van der Waals surface area contributed by atoms with E-state index in [-0.39, 0.29) is 0 Å². The van der Waals surface area contributed by atoms with Crippen molar-refractivity contribution in [3.63, 3.8) is 0 Å². The Morgan fingerprint density at radius 2 is 1.68 bits per heavy atom. The topological polar surface area (TPSA) is 56.7 Å². The summed E-state index contributed by atoms with van der Waals surface area (Å²) >= 11 is 5.02. The molecule has 0 aliphatic carbocycles. The van der Waals surface area contributed by atoms with Gasteiger partial charge in [-0.3, -0.25) is 0 Å². The van der Waals surface area contributed by atoms with Crippen LogP contribution in [0.25, 0.3) is 33.1 Å².